The Morgan fingerprint density at radius 2 is 2.09 bits per heavy atom. The Morgan fingerprint density at radius 3 is 2.73 bits per heavy atom. The number of allylic oxidation sites excluding steroid dienone is 3. The van der Waals surface area contributed by atoms with Gasteiger partial charge < -0.3 is 5.32 Å². The summed E-state index contributed by atoms with van der Waals surface area (Å²) in [5, 5.41) is 2.79. The molecule has 0 aromatic heterocycles. The zero-order chi connectivity index (χ0) is 8.43. The van der Waals surface area contributed by atoms with Crippen LogP contribution in [-0.2, 0) is 4.79 Å². The number of rotatable bonds is 0. The fourth-order valence-electron chi connectivity index (χ4n) is 1.20. The summed E-state index contributed by atoms with van der Waals surface area (Å²) in [6, 6.07) is 0. The Hall–Kier alpha value is -1.05. The van der Waals surface area contributed by atoms with Crippen molar-refractivity contribution in [1.29, 1.82) is 0 Å². The Balaban J connectivity index is 2.90. The van der Waals surface area contributed by atoms with Gasteiger partial charge in [0.2, 0.25) is 5.91 Å². The third-order valence-electron chi connectivity index (χ3n) is 1.69. The summed E-state index contributed by atoms with van der Waals surface area (Å²) in [7, 11) is 0. The van der Waals surface area contributed by atoms with Crippen LogP contribution >= 0.6 is 0 Å². The Morgan fingerprint density at radius 1 is 1.45 bits per heavy atom. The molecule has 0 aromatic carbocycles. The first-order chi connectivity index (χ1) is 5.09. The molecule has 2 heteroatoms. The molecule has 0 radical (unpaired) electrons. The molecule has 1 rings (SSSR count). The Labute approximate surface area is 67.0 Å². The molecule has 0 aliphatic carbocycles. The third-order valence-corrected chi connectivity index (χ3v) is 1.69. The van der Waals surface area contributed by atoms with Gasteiger partial charge in [-0.3, -0.25) is 4.79 Å². The van der Waals surface area contributed by atoms with Crippen molar-refractivity contribution in [3.63, 3.8) is 0 Å². The molecular weight excluding hydrogens is 138 g/mol. The summed E-state index contributed by atoms with van der Waals surface area (Å²) in [5.41, 5.74) is 2.07. The zero-order valence-electron chi connectivity index (χ0n) is 7.14. The van der Waals surface area contributed by atoms with Crippen molar-refractivity contribution in [2.24, 2.45) is 5.92 Å². The van der Waals surface area contributed by atoms with E-state index in [0.717, 1.165) is 11.3 Å². The maximum absolute atomic E-state index is 11.2. The number of amides is 1. The highest BCUT2D eigenvalue weighted by molar-refractivity contribution is 5.82. The van der Waals surface area contributed by atoms with Gasteiger partial charge in [0.25, 0.3) is 0 Å². The van der Waals surface area contributed by atoms with Gasteiger partial charge in [0.05, 0.1) is 5.92 Å². The van der Waals surface area contributed by atoms with E-state index in [1.165, 1.54) is 0 Å². The molecule has 2 nitrogen and oxygen atoms in total. The first kappa shape index (κ1) is 8.05. The van der Waals surface area contributed by atoms with E-state index in [4.69, 9.17) is 0 Å². The minimum Gasteiger partial charge on any atom is -0.330 e. The zero-order valence-corrected chi connectivity index (χ0v) is 7.14. The first-order valence-electron chi connectivity index (χ1n) is 3.77. The average Bonchev–Trinajstić information content (AvgIpc) is 1.93. The molecule has 0 saturated carbocycles. The van der Waals surface area contributed by atoms with E-state index in [9.17, 15) is 4.79 Å². The molecule has 0 saturated heterocycles. The minimum absolute atomic E-state index is 0.0105. The van der Waals surface area contributed by atoms with E-state index in [-0.39, 0.29) is 11.8 Å². The molecule has 0 bridgehead atoms. The van der Waals surface area contributed by atoms with Gasteiger partial charge in [0.15, 0.2) is 0 Å². The van der Waals surface area contributed by atoms with Crippen LogP contribution < -0.4 is 5.32 Å². The summed E-state index contributed by atoms with van der Waals surface area (Å²) in [5.74, 6) is 0.0688. The van der Waals surface area contributed by atoms with E-state index in [1.54, 1.807) is 0 Å². The van der Waals surface area contributed by atoms with Crippen molar-refractivity contribution in [3.05, 3.63) is 23.4 Å². The topological polar surface area (TPSA) is 29.1 Å². The summed E-state index contributed by atoms with van der Waals surface area (Å²) in [6.45, 7) is 5.79. The lowest BCUT2D eigenvalue weighted by molar-refractivity contribution is -0.122. The van der Waals surface area contributed by atoms with Crippen LogP contribution in [0.15, 0.2) is 23.4 Å². The van der Waals surface area contributed by atoms with E-state index >= 15 is 0 Å². The van der Waals surface area contributed by atoms with Gasteiger partial charge in [-0.1, -0.05) is 18.6 Å². The maximum Gasteiger partial charge on any atom is 0.230 e. The molecule has 1 heterocycles. The van der Waals surface area contributed by atoms with Gasteiger partial charge in [-0.25, -0.2) is 0 Å². The maximum atomic E-state index is 11.2. The van der Waals surface area contributed by atoms with Crippen molar-refractivity contribution in [2.45, 2.75) is 20.8 Å². The number of carbonyl (C=O) groups excluding carboxylic acids is 1. The summed E-state index contributed by atoms with van der Waals surface area (Å²) >= 11 is 0. The van der Waals surface area contributed by atoms with E-state index in [1.807, 2.05) is 32.9 Å². The lowest BCUT2D eigenvalue weighted by atomic mass is 10.1. The van der Waals surface area contributed by atoms with Crippen molar-refractivity contribution in [2.75, 3.05) is 0 Å². The molecule has 1 amide bonds. The largest absolute Gasteiger partial charge is 0.330 e. The second-order valence-electron chi connectivity index (χ2n) is 3.02. The van der Waals surface area contributed by atoms with Gasteiger partial charge in [-0.15, -0.1) is 0 Å². The number of hydrogen-bond acceptors (Lipinski definition) is 1. The fraction of sp³-hybridized carbons (Fsp3) is 0.444. The number of hydrogen-bond donors (Lipinski definition) is 1. The Kier molecular flexibility index (Phi) is 2.13. The van der Waals surface area contributed by atoms with Crippen LogP contribution in [-0.4, -0.2) is 5.91 Å². The normalized spacial score (nSPS) is 25.0. The molecule has 1 N–H and O–H groups in total. The van der Waals surface area contributed by atoms with Crippen LogP contribution in [0.4, 0.5) is 0 Å². The predicted molar refractivity (Wildman–Crippen MR) is 44.8 cm³/mol. The lowest BCUT2D eigenvalue weighted by Gasteiger charge is -2.04. The fourth-order valence-corrected chi connectivity index (χ4v) is 1.20. The molecule has 1 aliphatic rings. The summed E-state index contributed by atoms with van der Waals surface area (Å²) in [4.78, 5) is 11.2. The van der Waals surface area contributed by atoms with Crippen LogP contribution in [0.2, 0.25) is 0 Å². The monoisotopic (exact) mass is 151 g/mol. The standard InChI is InChI=1S/C9H13NO/c1-6-4-7(2)9(11)10-8(3)5-6/h4-5,7H,1-3H3,(H,10,11)/t7-/m0/s1. The van der Waals surface area contributed by atoms with Gasteiger partial charge in [-0.2, -0.15) is 0 Å². The molecule has 1 aliphatic heterocycles. The molecule has 11 heavy (non-hydrogen) atoms. The number of carbonyl (C=O) groups is 1. The highest BCUT2D eigenvalue weighted by Gasteiger charge is 2.12. The van der Waals surface area contributed by atoms with Gasteiger partial charge in [0.1, 0.15) is 0 Å². The number of nitrogens with one attached hydrogen (secondary N) is 1. The first-order valence-corrected chi connectivity index (χ1v) is 3.77. The molecule has 0 unspecified atom stereocenters. The summed E-state index contributed by atoms with van der Waals surface area (Å²) < 4.78 is 0. The molecule has 1 atom stereocenters. The molecule has 60 valence electrons. The van der Waals surface area contributed by atoms with Crippen LogP contribution in [0.25, 0.3) is 0 Å². The van der Waals surface area contributed by atoms with Crippen LogP contribution in [0, 0.1) is 5.92 Å². The van der Waals surface area contributed by atoms with E-state index in [2.05, 4.69) is 5.32 Å². The smallest absolute Gasteiger partial charge is 0.230 e. The van der Waals surface area contributed by atoms with Crippen LogP contribution in [0.1, 0.15) is 20.8 Å². The van der Waals surface area contributed by atoms with Crippen molar-refractivity contribution >= 4 is 5.91 Å². The van der Waals surface area contributed by atoms with Crippen LogP contribution in [0.3, 0.4) is 0 Å². The minimum atomic E-state index is -0.0105. The second-order valence-corrected chi connectivity index (χ2v) is 3.02. The van der Waals surface area contributed by atoms with Gasteiger partial charge in [-0.05, 0) is 19.9 Å². The Bertz CT molecular complexity index is 238. The van der Waals surface area contributed by atoms with Crippen molar-refractivity contribution in [3.8, 4) is 0 Å². The second kappa shape index (κ2) is 2.91. The van der Waals surface area contributed by atoms with Crippen molar-refractivity contribution in [1.82, 2.24) is 5.32 Å². The highest BCUT2D eigenvalue weighted by Crippen LogP contribution is 2.10. The molecule has 0 aromatic rings. The molecule has 0 fully saturated rings. The quantitative estimate of drug-likeness (QED) is 0.559. The van der Waals surface area contributed by atoms with E-state index in [0.29, 0.717) is 0 Å². The molecule has 0 spiro atoms. The van der Waals surface area contributed by atoms with Gasteiger partial charge >= 0.3 is 0 Å². The highest BCUT2D eigenvalue weighted by atomic mass is 16.1. The average molecular weight is 151 g/mol. The predicted octanol–water partition coefficient (Wildman–Crippen LogP) is 1.60. The van der Waals surface area contributed by atoms with Crippen LogP contribution in [0.5, 0.6) is 0 Å². The summed E-state index contributed by atoms with van der Waals surface area (Å²) in [6.07, 6.45) is 3.94. The van der Waals surface area contributed by atoms with Crippen molar-refractivity contribution < 1.29 is 4.79 Å². The SMILES string of the molecule is CC1=C[C@H](C)C(=O)NC(C)=C1. The lowest BCUT2D eigenvalue weighted by Crippen LogP contribution is -2.25. The molecular formula is C9H13NO. The third kappa shape index (κ3) is 1.93. The van der Waals surface area contributed by atoms with E-state index < -0.39 is 0 Å². The van der Waals surface area contributed by atoms with Gasteiger partial charge in [0, 0.05) is 5.70 Å².